The lowest BCUT2D eigenvalue weighted by molar-refractivity contribution is 0.669. The Balaban J connectivity index is 1.02. The highest BCUT2D eigenvalue weighted by atomic mass is 32.1. The van der Waals surface area contributed by atoms with E-state index in [1.54, 1.807) is 0 Å². The molecule has 0 unspecified atom stereocenters. The Morgan fingerprint density at radius 2 is 0.912 bits per heavy atom. The van der Waals surface area contributed by atoms with Gasteiger partial charge in [-0.15, -0.1) is 22.7 Å². The predicted octanol–water partition coefficient (Wildman–Crippen LogP) is 14.8. The summed E-state index contributed by atoms with van der Waals surface area (Å²) in [5.41, 5.74) is 9.17. The Bertz CT molecular complexity index is 3470. The van der Waals surface area contributed by atoms with Gasteiger partial charge < -0.3 is 4.42 Å². The van der Waals surface area contributed by atoms with Gasteiger partial charge in [0.2, 0.25) is 0 Å². The van der Waals surface area contributed by atoms with Crippen molar-refractivity contribution in [2.45, 2.75) is 0 Å². The second-order valence-electron chi connectivity index (χ2n) is 14.3. The molecule has 266 valence electrons. The van der Waals surface area contributed by atoms with E-state index in [2.05, 4.69) is 103 Å². The van der Waals surface area contributed by atoms with Crippen molar-refractivity contribution in [3.8, 4) is 56.4 Å². The normalized spacial score (nSPS) is 11.9. The van der Waals surface area contributed by atoms with Crippen molar-refractivity contribution in [1.82, 2.24) is 15.0 Å². The van der Waals surface area contributed by atoms with E-state index in [0.717, 1.165) is 44.2 Å². The summed E-state index contributed by atoms with van der Waals surface area (Å²) in [6, 6.07) is 62.1. The first-order valence-corrected chi connectivity index (χ1v) is 20.6. The average molecular weight is 764 g/mol. The van der Waals surface area contributed by atoms with E-state index in [4.69, 9.17) is 19.4 Å². The third kappa shape index (κ3) is 5.30. The van der Waals surface area contributed by atoms with Crippen molar-refractivity contribution in [3.63, 3.8) is 0 Å². The summed E-state index contributed by atoms with van der Waals surface area (Å²) in [6.07, 6.45) is 0. The fraction of sp³-hybridized carbons (Fsp3) is 0. The second kappa shape index (κ2) is 12.8. The molecule has 0 amide bonds. The minimum Gasteiger partial charge on any atom is -0.456 e. The molecule has 0 aliphatic rings. The van der Waals surface area contributed by atoms with E-state index in [1.807, 2.05) is 95.5 Å². The Labute approximate surface area is 335 Å². The first-order chi connectivity index (χ1) is 28.2. The Kier molecular flexibility index (Phi) is 7.24. The van der Waals surface area contributed by atoms with Crippen LogP contribution in [0.3, 0.4) is 0 Å². The molecule has 4 heterocycles. The van der Waals surface area contributed by atoms with Crippen LogP contribution in [0.15, 0.2) is 180 Å². The summed E-state index contributed by atoms with van der Waals surface area (Å²) < 4.78 is 11.7. The van der Waals surface area contributed by atoms with Gasteiger partial charge in [0.25, 0.3) is 0 Å². The smallest absolute Gasteiger partial charge is 0.164 e. The van der Waals surface area contributed by atoms with Crippen LogP contribution >= 0.6 is 22.7 Å². The summed E-state index contributed by atoms with van der Waals surface area (Å²) in [5, 5.41) is 7.19. The van der Waals surface area contributed by atoms with Crippen LogP contribution in [0.1, 0.15) is 0 Å². The number of benzene rings is 8. The zero-order chi connectivity index (χ0) is 37.5. The van der Waals surface area contributed by atoms with Crippen LogP contribution in [0, 0.1) is 0 Å². The standard InChI is InChI=1S/C51H29N3OS2/c1-3-11-30(12-4-1)49-52-50(31-13-5-2-6-14-31)54-51(53-49)38-17-9-18-42-47(38)39-28-34(22-25-41(39)55-42)35-16-10-20-45-48(35)40-27-32(23-26-44(40)56-45)33-21-24-37-36-15-7-8-19-43(36)57-46(37)29-33/h1-29H. The van der Waals surface area contributed by atoms with E-state index in [9.17, 15) is 0 Å². The molecule has 0 N–H and O–H groups in total. The van der Waals surface area contributed by atoms with Gasteiger partial charge in [0.15, 0.2) is 17.5 Å². The first-order valence-electron chi connectivity index (χ1n) is 18.9. The zero-order valence-corrected chi connectivity index (χ0v) is 31.9. The van der Waals surface area contributed by atoms with E-state index >= 15 is 0 Å². The van der Waals surface area contributed by atoms with Gasteiger partial charge in [-0.25, -0.2) is 15.0 Å². The maximum atomic E-state index is 6.52. The van der Waals surface area contributed by atoms with E-state index in [1.165, 1.54) is 57.0 Å². The second-order valence-corrected chi connectivity index (χ2v) is 16.5. The predicted molar refractivity (Wildman–Crippen MR) is 240 cm³/mol. The summed E-state index contributed by atoms with van der Waals surface area (Å²) in [4.78, 5) is 15.1. The highest BCUT2D eigenvalue weighted by Crippen LogP contribution is 2.44. The molecule has 12 rings (SSSR count). The SMILES string of the molecule is c1ccc(-c2nc(-c3ccccc3)nc(-c3cccc4oc5ccc(-c6cccc7sc8ccc(-c9ccc%10c(c9)sc9ccccc9%10)cc8c67)cc5c34)n2)cc1. The average Bonchev–Trinajstić information content (AvgIpc) is 3.97. The van der Waals surface area contributed by atoms with Gasteiger partial charge in [0.05, 0.1) is 0 Å². The van der Waals surface area contributed by atoms with Crippen LogP contribution in [0.2, 0.25) is 0 Å². The fourth-order valence-corrected chi connectivity index (χ4v) is 10.5. The maximum absolute atomic E-state index is 6.52. The first kappa shape index (κ1) is 32.3. The number of nitrogens with zero attached hydrogens (tertiary/aromatic N) is 3. The van der Waals surface area contributed by atoms with Crippen LogP contribution in [0.25, 0.3) is 119 Å². The number of hydrogen-bond acceptors (Lipinski definition) is 6. The molecule has 0 spiro atoms. The molecule has 0 aliphatic heterocycles. The molecule has 57 heavy (non-hydrogen) atoms. The quantitative estimate of drug-likeness (QED) is 0.175. The van der Waals surface area contributed by atoms with E-state index in [-0.39, 0.29) is 0 Å². The molecule has 0 radical (unpaired) electrons. The molecule has 0 fully saturated rings. The molecule has 12 aromatic rings. The Hall–Kier alpha value is -6.99. The number of aromatic nitrogens is 3. The van der Waals surface area contributed by atoms with Gasteiger partial charge in [0, 0.05) is 67.8 Å². The molecular formula is C51H29N3OS2. The minimum absolute atomic E-state index is 0.605. The van der Waals surface area contributed by atoms with Crippen molar-refractivity contribution < 1.29 is 4.42 Å². The summed E-state index contributed by atoms with van der Waals surface area (Å²) >= 11 is 3.71. The summed E-state index contributed by atoms with van der Waals surface area (Å²) in [5.74, 6) is 1.86. The third-order valence-corrected chi connectivity index (χ3v) is 13.2. The van der Waals surface area contributed by atoms with Crippen LogP contribution in [0.4, 0.5) is 0 Å². The monoisotopic (exact) mass is 763 g/mol. The lowest BCUT2D eigenvalue weighted by atomic mass is 9.95. The van der Waals surface area contributed by atoms with E-state index in [0.29, 0.717) is 17.5 Å². The van der Waals surface area contributed by atoms with Crippen molar-refractivity contribution in [1.29, 1.82) is 0 Å². The van der Waals surface area contributed by atoms with E-state index < -0.39 is 0 Å². The van der Waals surface area contributed by atoms with Crippen LogP contribution in [0.5, 0.6) is 0 Å². The highest BCUT2D eigenvalue weighted by Gasteiger charge is 2.20. The molecule has 8 aromatic carbocycles. The Morgan fingerprint density at radius 1 is 0.316 bits per heavy atom. The van der Waals surface area contributed by atoms with Gasteiger partial charge in [-0.1, -0.05) is 127 Å². The van der Waals surface area contributed by atoms with Crippen molar-refractivity contribution in [2.75, 3.05) is 0 Å². The fourth-order valence-electron chi connectivity index (χ4n) is 8.26. The minimum atomic E-state index is 0.605. The molecule has 0 saturated carbocycles. The van der Waals surface area contributed by atoms with Crippen LogP contribution in [-0.4, -0.2) is 15.0 Å². The topological polar surface area (TPSA) is 51.8 Å². The molecule has 4 nitrogen and oxygen atoms in total. The lowest BCUT2D eigenvalue weighted by Crippen LogP contribution is -2.00. The molecule has 0 aliphatic carbocycles. The number of hydrogen-bond donors (Lipinski definition) is 0. The highest BCUT2D eigenvalue weighted by molar-refractivity contribution is 7.26. The van der Waals surface area contributed by atoms with Gasteiger partial charge in [-0.3, -0.25) is 0 Å². The van der Waals surface area contributed by atoms with Crippen LogP contribution in [-0.2, 0) is 0 Å². The molecule has 4 aromatic heterocycles. The lowest BCUT2D eigenvalue weighted by Gasteiger charge is -2.09. The number of thiophene rings is 2. The maximum Gasteiger partial charge on any atom is 0.164 e. The number of fused-ring (bicyclic) bond motifs is 9. The molecule has 6 heteroatoms. The van der Waals surface area contributed by atoms with Gasteiger partial charge in [-0.05, 0) is 70.8 Å². The third-order valence-electron chi connectivity index (χ3n) is 11.0. The summed E-state index contributed by atoms with van der Waals surface area (Å²) in [7, 11) is 0. The van der Waals surface area contributed by atoms with Gasteiger partial charge in [0.1, 0.15) is 11.2 Å². The molecule has 0 bridgehead atoms. The van der Waals surface area contributed by atoms with Crippen LogP contribution < -0.4 is 0 Å². The van der Waals surface area contributed by atoms with Crippen molar-refractivity contribution in [2.24, 2.45) is 0 Å². The number of furan rings is 1. The van der Waals surface area contributed by atoms with Crippen molar-refractivity contribution in [3.05, 3.63) is 176 Å². The van der Waals surface area contributed by atoms with Gasteiger partial charge in [-0.2, -0.15) is 0 Å². The largest absolute Gasteiger partial charge is 0.456 e. The molecule has 0 atom stereocenters. The summed E-state index contributed by atoms with van der Waals surface area (Å²) in [6.45, 7) is 0. The van der Waals surface area contributed by atoms with Gasteiger partial charge >= 0.3 is 0 Å². The molecular weight excluding hydrogens is 735 g/mol. The van der Waals surface area contributed by atoms with Crippen molar-refractivity contribution >= 4 is 85.0 Å². The number of rotatable bonds is 5. The zero-order valence-electron chi connectivity index (χ0n) is 30.3. The Morgan fingerprint density at radius 3 is 1.74 bits per heavy atom. The molecule has 0 saturated heterocycles.